The highest BCUT2D eigenvalue weighted by Crippen LogP contribution is 2.49. The van der Waals surface area contributed by atoms with Crippen molar-refractivity contribution in [2.45, 2.75) is 36.5 Å². The summed E-state index contributed by atoms with van der Waals surface area (Å²) >= 11 is 1.27. The van der Waals surface area contributed by atoms with E-state index in [1.165, 1.54) is 17.8 Å². The van der Waals surface area contributed by atoms with Crippen LogP contribution in [0.3, 0.4) is 0 Å². The fraction of sp³-hybridized carbons (Fsp3) is 0.214. The molecule has 0 aromatic heterocycles. The number of thioether (sulfide) groups is 1. The molecular formula is C28H26FNO3S. The fourth-order valence-corrected chi connectivity index (χ4v) is 5.72. The first-order chi connectivity index (χ1) is 16.5. The molecule has 3 aromatic carbocycles. The molecule has 0 fully saturated rings. The Bertz CT molecular complexity index is 1210. The summed E-state index contributed by atoms with van der Waals surface area (Å²) in [7, 11) is 0. The molecule has 1 aliphatic heterocycles. The predicted molar refractivity (Wildman–Crippen MR) is 131 cm³/mol. The molecule has 0 spiro atoms. The van der Waals surface area contributed by atoms with Crippen LogP contribution < -0.4 is 0 Å². The summed E-state index contributed by atoms with van der Waals surface area (Å²) in [4.78, 5) is 30.0. The Hall–Kier alpha value is -3.38. The molecule has 0 aliphatic carbocycles. The predicted octanol–water partition coefficient (Wildman–Crippen LogP) is 5.78. The summed E-state index contributed by atoms with van der Waals surface area (Å²) < 4.78 is 18.9. The number of nitrogens with zero attached hydrogens (tertiary/aromatic N) is 1. The number of ether oxygens (including phenoxy) is 1. The molecular weight excluding hydrogens is 449 g/mol. The van der Waals surface area contributed by atoms with Crippen molar-refractivity contribution in [2.75, 3.05) is 6.61 Å². The number of carbonyl (C=O) groups excluding carboxylic acids is 2. The largest absolute Gasteiger partial charge is 0.463 e. The van der Waals surface area contributed by atoms with Gasteiger partial charge in [-0.2, -0.15) is 0 Å². The maximum Gasteiger partial charge on any atom is 0.337 e. The number of benzene rings is 3. The van der Waals surface area contributed by atoms with Gasteiger partial charge in [-0.1, -0.05) is 66.7 Å². The van der Waals surface area contributed by atoms with Crippen molar-refractivity contribution in [1.82, 2.24) is 4.90 Å². The number of rotatable bonds is 8. The Morgan fingerprint density at radius 3 is 2.24 bits per heavy atom. The molecule has 1 heterocycles. The van der Waals surface area contributed by atoms with Crippen LogP contribution in [-0.4, -0.2) is 28.1 Å². The third-order valence-electron chi connectivity index (χ3n) is 5.86. The first kappa shape index (κ1) is 23.8. The minimum Gasteiger partial charge on any atom is -0.463 e. The van der Waals surface area contributed by atoms with Gasteiger partial charge in [0.2, 0.25) is 5.91 Å². The molecule has 4 nitrogen and oxygen atoms in total. The summed E-state index contributed by atoms with van der Waals surface area (Å²) in [5, 5.41) is 0. The van der Waals surface area contributed by atoms with Gasteiger partial charge in [0.25, 0.3) is 0 Å². The molecule has 1 amide bonds. The molecule has 0 saturated heterocycles. The van der Waals surface area contributed by atoms with Gasteiger partial charge in [0.05, 0.1) is 18.7 Å². The number of carbonyl (C=O) groups is 2. The van der Waals surface area contributed by atoms with Gasteiger partial charge in [0.15, 0.2) is 0 Å². The summed E-state index contributed by atoms with van der Waals surface area (Å²) in [6.07, 6.45) is 0.0227. The second-order valence-corrected chi connectivity index (χ2v) is 9.44. The van der Waals surface area contributed by atoms with E-state index in [-0.39, 0.29) is 24.5 Å². The van der Waals surface area contributed by atoms with Crippen LogP contribution in [0.25, 0.3) is 0 Å². The van der Waals surface area contributed by atoms with Crippen LogP contribution in [0.2, 0.25) is 0 Å². The molecule has 34 heavy (non-hydrogen) atoms. The van der Waals surface area contributed by atoms with Crippen molar-refractivity contribution in [3.05, 3.63) is 113 Å². The molecule has 0 saturated carbocycles. The molecule has 3 aromatic rings. The second kappa shape index (κ2) is 10.3. The second-order valence-electron chi connectivity index (χ2n) is 8.07. The maximum absolute atomic E-state index is 14.8. The summed E-state index contributed by atoms with van der Waals surface area (Å²) in [6.45, 7) is 3.98. The van der Waals surface area contributed by atoms with Crippen molar-refractivity contribution < 1.29 is 18.7 Å². The Balaban J connectivity index is 1.87. The van der Waals surface area contributed by atoms with Gasteiger partial charge in [-0.05, 0) is 43.2 Å². The minimum atomic E-state index is -1.37. The topological polar surface area (TPSA) is 46.6 Å². The van der Waals surface area contributed by atoms with Crippen LogP contribution in [0, 0.1) is 5.82 Å². The number of hydrogen-bond donors (Lipinski definition) is 0. The van der Waals surface area contributed by atoms with E-state index in [4.69, 9.17) is 4.74 Å². The Kier molecular flexibility index (Phi) is 7.17. The highest BCUT2D eigenvalue weighted by Gasteiger charge is 2.55. The average Bonchev–Trinajstić information content (AvgIpc) is 3.03. The van der Waals surface area contributed by atoms with Crippen molar-refractivity contribution in [2.24, 2.45) is 0 Å². The number of amides is 1. The zero-order valence-corrected chi connectivity index (χ0v) is 20.0. The highest BCUT2D eigenvalue weighted by molar-refractivity contribution is 8.01. The quantitative estimate of drug-likeness (QED) is 0.388. The smallest absolute Gasteiger partial charge is 0.337 e. The summed E-state index contributed by atoms with van der Waals surface area (Å²) in [5.41, 5.74) is 2.11. The van der Waals surface area contributed by atoms with E-state index in [2.05, 4.69) is 0 Å². The first-order valence-electron chi connectivity index (χ1n) is 11.2. The fourth-order valence-electron chi connectivity index (χ4n) is 4.27. The molecule has 6 heteroatoms. The lowest BCUT2D eigenvalue weighted by atomic mass is 9.91. The molecule has 0 unspecified atom stereocenters. The SMILES string of the molecule is CCOC(=O)C1=C(C)N(Cc2ccccc2)C(=O)[C@@]1(Cc1ccccc1F)Sc1ccccc1. The Labute approximate surface area is 203 Å². The molecule has 0 bridgehead atoms. The lowest BCUT2D eigenvalue weighted by Crippen LogP contribution is -2.44. The van der Waals surface area contributed by atoms with Crippen LogP contribution in [0.1, 0.15) is 25.0 Å². The van der Waals surface area contributed by atoms with Crippen LogP contribution in [0.15, 0.2) is 101 Å². The monoisotopic (exact) mass is 475 g/mol. The van der Waals surface area contributed by atoms with Gasteiger partial charge >= 0.3 is 5.97 Å². The van der Waals surface area contributed by atoms with E-state index in [0.29, 0.717) is 17.8 Å². The molecule has 4 rings (SSSR count). The van der Waals surface area contributed by atoms with E-state index in [1.54, 1.807) is 36.9 Å². The number of esters is 1. The summed E-state index contributed by atoms with van der Waals surface area (Å²) in [5.74, 6) is -1.22. The van der Waals surface area contributed by atoms with Crippen molar-refractivity contribution >= 4 is 23.6 Å². The van der Waals surface area contributed by atoms with Crippen molar-refractivity contribution in [3.63, 3.8) is 0 Å². The Morgan fingerprint density at radius 1 is 0.971 bits per heavy atom. The van der Waals surface area contributed by atoms with E-state index < -0.39 is 16.5 Å². The first-order valence-corrected chi connectivity index (χ1v) is 12.0. The molecule has 174 valence electrons. The molecule has 0 N–H and O–H groups in total. The third-order valence-corrected chi connectivity index (χ3v) is 7.24. The maximum atomic E-state index is 14.8. The molecule has 0 radical (unpaired) electrons. The third kappa shape index (κ3) is 4.64. The lowest BCUT2D eigenvalue weighted by Gasteiger charge is -2.30. The number of halogens is 1. The average molecular weight is 476 g/mol. The molecule has 1 aliphatic rings. The van der Waals surface area contributed by atoms with Gasteiger partial charge in [-0.3, -0.25) is 4.79 Å². The van der Waals surface area contributed by atoms with Gasteiger partial charge in [0, 0.05) is 17.0 Å². The van der Waals surface area contributed by atoms with Crippen molar-refractivity contribution in [3.8, 4) is 0 Å². The van der Waals surface area contributed by atoms with Gasteiger partial charge in [-0.25, -0.2) is 9.18 Å². The van der Waals surface area contributed by atoms with E-state index in [1.807, 2.05) is 60.7 Å². The Morgan fingerprint density at radius 2 is 1.59 bits per heavy atom. The van der Waals surface area contributed by atoms with Crippen LogP contribution in [0.5, 0.6) is 0 Å². The molecule has 1 atom stereocenters. The normalized spacial score (nSPS) is 17.9. The number of hydrogen-bond acceptors (Lipinski definition) is 4. The zero-order valence-electron chi connectivity index (χ0n) is 19.2. The summed E-state index contributed by atoms with van der Waals surface area (Å²) in [6, 6.07) is 25.4. The van der Waals surface area contributed by atoms with Crippen LogP contribution >= 0.6 is 11.8 Å². The van der Waals surface area contributed by atoms with Crippen molar-refractivity contribution in [1.29, 1.82) is 0 Å². The van der Waals surface area contributed by atoms with Gasteiger partial charge < -0.3 is 9.64 Å². The van der Waals surface area contributed by atoms with Gasteiger partial charge in [-0.15, -0.1) is 11.8 Å². The van der Waals surface area contributed by atoms with Crippen LogP contribution in [-0.2, 0) is 27.3 Å². The van der Waals surface area contributed by atoms with E-state index >= 15 is 0 Å². The lowest BCUT2D eigenvalue weighted by molar-refractivity contribution is -0.140. The van der Waals surface area contributed by atoms with Crippen LogP contribution in [0.4, 0.5) is 4.39 Å². The minimum absolute atomic E-state index is 0.0227. The van der Waals surface area contributed by atoms with Gasteiger partial charge in [0.1, 0.15) is 10.6 Å². The van der Waals surface area contributed by atoms with E-state index in [0.717, 1.165) is 10.5 Å². The standard InChI is InChI=1S/C28H26FNO3S/c1-3-33-26(31)25-20(2)30(19-21-12-6-4-7-13-21)27(32)28(25,34-23-15-8-5-9-16-23)18-22-14-10-11-17-24(22)29/h4-17H,3,18-19H2,1-2H3/t28-/m0/s1. The number of allylic oxidation sites excluding steroid dienone is 1. The zero-order chi connectivity index (χ0) is 24.1. The highest BCUT2D eigenvalue weighted by atomic mass is 32.2. The van der Waals surface area contributed by atoms with E-state index in [9.17, 15) is 14.0 Å².